The molecule has 1 atom stereocenters. The lowest BCUT2D eigenvalue weighted by Crippen LogP contribution is -2.40. The van der Waals surface area contributed by atoms with Gasteiger partial charge in [0.1, 0.15) is 5.01 Å². The van der Waals surface area contributed by atoms with Crippen LogP contribution in [0.3, 0.4) is 0 Å². The van der Waals surface area contributed by atoms with E-state index in [1.807, 2.05) is 0 Å². The second-order valence-electron chi connectivity index (χ2n) is 3.93. The van der Waals surface area contributed by atoms with E-state index in [4.69, 9.17) is 0 Å². The summed E-state index contributed by atoms with van der Waals surface area (Å²) in [6.45, 7) is 0.268. The van der Waals surface area contributed by atoms with Crippen LogP contribution < -0.4 is 10.6 Å². The normalized spacial score (nSPS) is 11.6. The second-order valence-corrected chi connectivity index (χ2v) is 4.91. The quantitative estimate of drug-likeness (QED) is 0.783. The number of aromatic nitrogens is 1. The summed E-state index contributed by atoms with van der Waals surface area (Å²) in [5, 5.41) is 16.7. The molecule has 0 unspecified atom stereocenters. The molecule has 0 spiro atoms. The van der Waals surface area contributed by atoms with Gasteiger partial charge in [0.25, 0.3) is 0 Å². The minimum Gasteiger partial charge on any atom is -0.479 e. The maximum absolute atomic E-state index is 11.7. The summed E-state index contributed by atoms with van der Waals surface area (Å²) in [7, 11) is 0. The Hall–Kier alpha value is -2.41. The van der Waals surface area contributed by atoms with Gasteiger partial charge in [0.2, 0.25) is 0 Å². The second kappa shape index (κ2) is 6.67. The Balaban J connectivity index is 1.95. The number of amides is 2. The Morgan fingerprint density at radius 1 is 1.30 bits per heavy atom. The predicted octanol–water partition coefficient (Wildman–Crippen LogP) is 1.77. The molecule has 3 N–H and O–H groups in total. The van der Waals surface area contributed by atoms with Crippen molar-refractivity contribution in [1.29, 1.82) is 0 Å². The van der Waals surface area contributed by atoms with E-state index < -0.39 is 18.0 Å². The van der Waals surface area contributed by atoms with Gasteiger partial charge in [0, 0.05) is 11.6 Å². The molecule has 0 bridgehead atoms. The average Bonchev–Trinajstić information content (AvgIpc) is 2.96. The van der Waals surface area contributed by atoms with Crippen molar-refractivity contribution < 1.29 is 14.7 Å². The van der Waals surface area contributed by atoms with Crippen molar-refractivity contribution in [3.05, 3.63) is 52.5 Å². The molecule has 0 radical (unpaired) electrons. The fourth-order valence-electron chi connectivity index (χ4n) is 1.61. The molecule has 7 heteroatoms. The van der Waals surface area contributed by atoms with Crippen LogP contribution in [0, 0.1) is 0 Å². The van der Waals surface area contributed by atoms with Crippen LogP contribution >= 0.6 is 11.3 Å². The van der Waals surface area contributed by atoms with Crippen LogP contribution in [0.5, 0.6) is 0 Å². The van der Waals surface area contributed by atoms with Gasteiger partial charge >= 0.3 is 12.0 Å². The number of benzene rings is 1. The summed E-state index contributed by atoms with van der Waals surface area (Å²) in [5.74, 6) is -1.11. The minimum absolute atomic E-state index is 0.268. The van der Waals surface area contributed by atoms with E-state index in [-0.39, 0.29) is 6.54 Å². The molecule has 0 fully saturated rings. The lowest BCUT2D eigenvalue weighted by atomic mass is 10.1. The first-order valence-electron chi connectivity index (χ1n) is 5.87. The molecule has 2 amide bonds. The van der Waals surface area contributed by atoms with Crippen molar-refractivity contribution in [3.63, 3.8) is 0 Å². The molecule has 0 saturated heterocycles. The zero-order valence-corrected chi connectivity index (χ0v) is 11.3. The Bertz CT molecular complexity index is 572. The summed E-state index contributed by atoms with van der Waals surface area (Å²) in [5.41, 5.74) is 0.518. The Morgan fingerprint density at radius 2 is 2.05 bits per heavy atom. The number of nitrogens with zero attached hydrogens (tertiary/aromatic N) is 1. The standard InChI is InChI=1S/C13H13N3O3S/c17-12(18)11(9-4-2-1-3-5-9)16-13(19)15-8-10-14-6-7-20-10/h1-7,11H,8H2,(H,17,18)(H2,15,16,19)/t11-/m0/s1. The summed E-state index contributed by atoms with van der Waals surface area (Å²) in [6.07, 6.45) is 1.64. The Kier molecular flexibility index (Phi) is 4.67. The first-order chi connectivity index (χ1) is 9.66. The predicted molar refractivity (Wildman–Crippen MR) is 74.3 cm³/mol. The molecule has 0 aliphatic heterocycles. The third-order valence-corrected chi connectivity index (χ3v) is 3.32. The number of carboxylic acid groups (broad SMARTS) is 1. The molecule has 1 aromatic heterocycles. The Labute approximate surface area is 119 Å². The molecule has 1 heterocycles. The number of carbonyl (C=O) groups excluding carboxylic acids is 1. The van der Waals surface area contributed by atoms with E-state index in [1.54, 1.807) is 41.9 Å². The SMILES string of the molecule is O=C(NCc1nccs1)N[C@H](C(=O)O)c1ccccc1. The summed E-state index contributed by atoms with van der Waals surface area (Å²) >= 11 is 1.42. The van der Waals surface area contributed by atoms with E-state index in [1.165, 1.54) is 11.3 Å². The molecule has 1 aromatic carbocycles. The highest BCUT2D eigenvalue weighted by molar-refractivity contribution is 7.09. The zero-order valence-electron chi connectivity index (χ0n) is 10.4. The largest absolute Gasteiger partial charge is 0.479 e. The zero-order chi connectivity index (χ0) is 14.4. The van der Waals surface area contributed by atoms with Crippen LogP contribution in [0.2, 0.25) is 0 Å². The molecular formula is C13H13N3O3S. The van der Waals surface area contributed by atoms with Gasteiger partial charge < -0.3 is 15.7 Å². The third kappa shape index (κ3) is 3.79. The average molecular weight is 291 g/mol. The monoisotopic (exact) mass is 291 g/mol. The number of thiazole rings is 1. The lowest BCUT2D eigenvalue weighted by Gasteiger charge is -2.15. The van der Waals surface area contributed by atoms with Gasteiger partial charge in [-0.1, -0.05) is 30.3 Å². The topological polar surface area (TPSA) is 91.3 Å². The number of nitrogens with one attached hydrogen (secondary N) is 2. The van der Waals surface area contributed by atoms with Crippen LogP contribution in [-0.4, -0.2) is 22.1 Å². The molecule has 104 valence electrons. The lowest BCUT2D eigenvalue weighted by molar-refractivity contribution is -0.139. The van der Waals surface area contributed by atoms with Gasteiger partial charge in [-0.2, -0.15) is 0 Å². The van der Waals surface area contributed by atoms with E-state index in [0.29, 0.717) is 5.56 Å². The van der Waals surface area contributed by atoms with Gasteiger partial charge in [-0.25, -0.2) is 14.6 Å². The fraction of sp³-hybridized carbons (Fsp3) is 0.154. The third-order valence-electron chi connectivity index (χ3n) is 2.54. The first kappa shape index (κ1) is 14.0. The molecule has 2 rings (SSSR count). The van der Waals surface area contributed by atoms with Crippen molar-refractivity contribution in [2.24, 2.45) is 0 Å². The van der Waals surface area contributed by atoms with E-state index in [9.17, 15) is 14.7 Å². The number of urea groups is 1. The molecule has 0 aliphatic rings. The molecule has 6 nitrogen and oxygen atoms in total. The number of hydrogen-bond donors (Lipinski definition) is 3. The number of hydrogen-bond acceptors (Lipinski definition) is 4. The maximum Gasteiger partial charge on any atom is 0.330 e. The fourth-order valence-corrected chi connectivity index (χ4v) is 2.17. The van der Waals surface area contributed by atoms with Crippen LogP contribution in [0.1, 0.15) is 16.6 Å². The number of rotatable bonds is 5. The van der Waals surface area contributed by atoms with E-state index >= 15 is 0 Å². The van der Waals surface area contributed by atoms with Crippen molar-refractivity contribution in [1.82, 2.24) is 15.6 Å². The maximum atomic E-state index is 11.7. The number of carboxylic acids is 1. The molecule has 20 heavy (non-hydrogen) atoms. The van der Waals surface area contributed by atoms with Crippen molar-refractivity contribution in [2.75, 3.05) is 0 Å². The van der Waals surface area contributed by atoms with Gasteiger partial charge in [0.15, 0.2) is 6.04 Å². The first-order valence-corrected chi connectivity index (χ1v) is 6.75. The highest BCUT2D eigenvalue weighted by Crippen LogP contribution is 2.12. The van der Waals surface area contributed by atoms with Crippen LogP contribution in [0.4, 0.5) is 4.79 Å². The summed E-state index contributed by atoms with van der Waals surface area (Å²) in [6, 6.07) is 6.91. The van der Waals surface area contributed by atoms with Gasteiger partial charge in [-0.15, -0.1) is 11.3 Å². The van der Waals surface area contributed by atoms with Crippen molar-refractivity contribution in [2.45, 2.75) is 12.6 Å². The summed E-state index contributed by atoms with van der Waals surface area (Å²) < 4.78 is 0. The van der Waals surface area contributed by atoms with Crippen LogP contribution in [0.25, 0.3) is 0 Å². The van der Waals surface area contributed by atoms with E-state index in [2.05, 4.69) is 15.6 Å². The van der Waals surface area contributed by atoms with Crippen molar-refractivity contribution >= 4 is 23.3 Å². The molecule has 0 aliphatic carbocycles. The van der Waals surface area contributed by atoms with Gasteiger partial charge in [-0.05, 0) is 5.56 Å². The van der Waals surface area contributed by atoms with Crippen LogP contribution in [-0.2, 0) is 11.3 Å². The van der Waals surface area contributed by atoms with Crippen LogP contribution in [0.15, 0.2) is 41.9 Å². The minimum atomic E-state index is -1.11. The summed E-state index contributed by atoms with van der Waals surface area (Å²) in [4.78, 5) is 27.0. The number of carbonyl (C=O) groups is 2. The Morgan fingerprint density at radius 3 is 2.65 bits per heavy atom. The molecule has 0 saturated carbocycles. The van der Waals surface area contributed by atoms with Gasteiger partial charge in [0.05, 0.1) is 6.54 Å². The molecule has 2 aromatic rings. The highest BCUT2D eigenvalue weighted by Gasteiger charge is 2.21. The highest BCUT2D eigenvalue weighted by atomic mass is 32.1. The smallest absolute Gasteiger partial charge is 0.330 e. The number of aliphatic carboxylic acids is 1. The van der Waals surface area contributed by atoms with Gasteiger partial charge in [-0.3, -0.25) is 0 Å². The van der Waals surface area contributed by atoms with Crippen molar-refractivity contribution in [3.8, 4) is 0 Å². The van der Waals surface area contributed by atoms with E-state index in [0.717, 1.165) is 5.01 Å². The molecular weight excluding hydrogens is 278 g/mol.